The normalized spacial score (nSPS) is 10.5. The van der Waals surface area contributed by atoms with E-state index >= 15 is 0 Å². The summed E-state index contributed by atoms with van der Waals surface area (Å²) >= 11 is 0. The molecule has 0 fully saturated rings. The zero-order valence-corrected chi connectivity index (χ0v) is 9.92. The molecule has 0 rings (SSSR count). The van der Waals surface area contributed by atoms with E-state index in [0.29, 0.717) is 0 Å². The first kappa shape index (κ1) is 19.2. The van der Waals surface area contributed by atoms with Crippen molar-refractivity contribution in [2.75, 3.05) is 0 Å². The molecular weight excluding hydrogens is 250 g/mol. The molecule has 7 nitrogen and oxygen atoms in total. The number of hydrogen-bond donors (Lipinski definition) is 1. The average molecular weight is 251 g/mol. The van der Waals surface area contributed by atoms with Crippen LogP contribution in [0.25, 0.3) is 0 Å². The maximum atomic E-state index is 10.7. The van der Waals surface area contributed by atoms with Crippen LogP contribution in [-0.4, -0.2) is 23.6 Å². The largest absolute Gasteiger partial charge is 1.00 e. The molecule has 0 aromatic carbocycles. The Bertz CT molecular complexity index is 241. The molecule has 1 N–H and O–H groups in total. The molecule has 0 saturated carbocycles. The quantitative estimate of drug-likeness (QED) is 0.163. The molecule has 0 bridgehead atoms. The Balaban J connectivity index is -0.000000173. The third-order valence-electron chi connectivity index (χ3n) is 0.292. The van der Waals surface area contributed by atoms with Gasteiger partial charge in [0.15, 0.2) is 0 Å². The van der Waals surface area contributed by atoms with Crippen LogP contribution < -0.4 is 51.4 Å². The summed E-state index contributed by atoms with van der Waals surface area (Å²) in [4.78, 5) is 8.25. The predicted octanol–water partition coefficient (Wildman–Crippen LogP) is -2.84. The number of hydrogen-bond acceptors (Lipinski definition) is 5. The molecule has 0 unspecified atom stereocenters. The van der Waals surface area contributed by atoms with Crippen molar-refractivity contribution in [3.8, 4) is 0 Å². The molecule has 74 valence electrons. The summed E-state index contributed by atoms with van der Waals surface area (Å²) in [7, 11) is -5.84. The van der Waals surface area contributed by atoms with E-state index in [1.165, 1.54) is 0 Å². The summed E-state index contributed by atoms with van der Waals surface area (Å²) in [6.45, 7) is 0. The fraction of sp³-hybridized carbons (Fsp3) is 1.00. The van der Waals surface area contributed by atoms with Crippen LogP contribution in [0, 0.1) is 15.3 Å². The van der Waals surface area contributed by atoms with Gasteiger partial charge in [0, 0.05) is 0 Å². The minimum Gasteiger partial charge on any atom is -0.356 e. The Kier molecular flexibility index (Phi) is 10.2. The number of nitrogens with zero attached hydrogens (tertiary/aromatic N) is 1. The van der Waals surface area contributed by atoms with Crippen LogP contribution in [-0.2, 0) is 10.1 Å². The molecule has 0 aliphatic rings. The fourth-order valence-electron chi connectivity index (χ4n) is 0. The van der Waals surface area contributed by atoms with Gasteiger partial charge in [0.2, 0.25) is 0 Å². The van der Waals surface area contributed by atoms with Gasteiger partial charge in [-0.05, 0) is 0 Å². The smallest absolute Gasteiger partial charge is 0.356 e. The third kappa shape index (κ3) is 15.3. The first-order chi connectivity index (χ1) is 4.98. The van der Waals surface area contributed by atoms with E-state index in [2.05, 4.69) is 0 Å². The topological polar surface area (TPSA) is 121 Å². The van der Waals surface area contributed by atoms with Gasteiger partial charge >= 0.3 is 67.0 Å². The maximum absolute atomic E-state index is 10.7. The van der Waals surface area contributed by atoms with E-state index in [-0.39, 0.29) is 51.4 Å². The average Bonchev–Trinajstić information content (AvgIpc) is 1.55. The predicted molar refractivity (Wildman–Crippen MR) is 28.0 cm³/mol. The zero-order chi connectivity index (χ0) is 10.6. The molecule has 0 aromatic heterocycles. The third-order valence-corrected chi connectivity index (χ3v) is 0.877. The van der Waals surface area contributed by atoms with Crippen LogP contribution in [0.1, 0.15) is 0 Å². The molecule has 0 radical (unpaired) electrons. The molecule has 0 heterocycles. The number of rotatable bonds is 0. The van der Waals surface area contributed by atoms with E-state index in [4.69, 9.17) is 28.3 Å². The minimum atomic E-state index is -5.84. The first-order valence-corrected chi connectivity index (χ1v) is 3.27. The second kappa shape index (κ2) is 6.91. The van der Waals surface area contributed by atoms with Crippen molar-refractivity contribution >= 4 is 10.1 Å². The van der Waals surface area contributed by atoms with Gasteiger partial charge in [0.05, 0.1) is 5.09 Å². The minimum absolute atomic E-state index is 0. The summed E-state index contributed by atoms with van der Waals surface area (Å²) in [5.41, 5.74) is -5.53. The molecular formula is CHF3KNO6S. The second-order valence-electron chi connectivity index (χ2n) is 1.14. The second-order valence-corrected chi connectivity index (χ2v) is 2.56. The van der Waals surface area contributed by atoms with E-state index in [0.717, 1.165) is 0 Å². The van der Waals surface area contributed by atoms with Gasteiger partial charge in [-0.1, -0.05) is 0 Å². The molecule has 0 amide bonds. The Hall–Kier alpha value is 0.536. The van der Waals surface area contributed by atoms with Gasteiger partial charge in [-0.25, -0.2) is 0 Å². The molecule has 0 aromatic rings. The maximum Gasteiger partial charge on any atom is 1.00 e. The van der Waals surface area contributed by atoms with Crippen molar-refractivity contribution in [3.63, 3.8) is 0 Å². The van der Waals surface area contributed by atoms with Gasteiger partial charge in [-0.3, -0.25) is 4.55 Å². The molecule has 0 atom stereocenters. The Morgan fingerprint density at radius 1 is 1.23 bits per heavy atom. The monoisotopic (exact) mass is 251 g/mol. The van der Waals surface area contributed by atoms with E-state index in [1.54, 1.807) is 0 Å². The number of alkyl halides is 3. The van der Waals surface area contributed by atoms with Crippen molar-refractivity contribution in [2.45, 2.75) is 5.51 Å². The summed E-state index contributed by atoms with van der Waals surface area (Å²) in [5, 5.41) is 14.8. The van der Waals surface area contributed by atoms with Crippen molar-refractivity contribution in [2.24, 2.45) is 0 Å². The Labute approximate surface area is 112 Å². The summed E-state index contributed by atoms with van der Waals surface area (Å²) < 4.78 is 57.5. The standard InChI is InChI=1S/CHF3O3S.K.NO3/c2-1(3,4)8(5,6)7;;2-1(3)4/h(H,5,6,7);;/q;+1;-1. The van der Waals surface area contributed by atoms with Gasteiger partial charge < -0.3 is 15.3 Å². The molecule has 0 spiro atoms. The molecule has 13 heavy (non-hydrogen) atoms. The van der Waals surface area contributed by atoms with Crippen LogP contribution in [0.4, 0.5) is 13.2 Å². The Morgan fingerprint density at radius 3 is 1.31 bits per heavy atom. The van der Waals surface area contributed by atoms with E-state index < -0.39 is 20.7 Å². The Morgan fingerprint density at radius 2 is 1.31 bits per heavy atom. The van der Waals surface area contributed by atoms with Crippen LogP contribution in [0.2, 0.25) is 0 Å². The SMILES string of the molecule is O=S(=O)(O)C(F)(F)F.O=[N+]([O-])[O-].[K+]. The summed E-state index contributed by atoms with van der Waals surface area (Å²) in [6, 6.07) is 0. The van der Waals surface area contributed by atoms with Crippen molar-refractivity contribution in [1.29, 1.82) is 0 Å². The van der Waals surface area contributed by atoms with Crippen LogP contribution in [0.5, 0.6) is 0 Å². The zero-order valence-electron chi connectivity index (χ0n) is 5.98. The first-order valence-electron chi connectivity index (χ1n) is 1.83. The van der Waals surface area contributed by atoms with Crippen molar-refractivity contribution < 1.29 is 82.6 Å². The van der Waals surface area contributed by atoms with Crippen molar-refractivity contribution in [1.82, 2.24) is 0 Å². The van der Waals surface area contributed by atoms with Crippen LogP contribution in [0.3, 0.4) is 0 Å². The molecule has 0 aliphatic heterocycles. The molecule has 12 heteroatoms. The number of halogens is 3. The van der Waals surface area contributed by atoms with Gasteiger partial charge in [-0.2, -0.15) is 21.6 Å². The van der Waals surface area contributed by atoms with Gasteiger partial charge in [0.1, 0.15) is 0 Å². The summed E-state index contributed by atoms with van der Waals surface area (Å²) in [5.74, 6) is 0. The fourth-order valence-corrected chi connectivity index (χ4v) is 0. The summed E-state index contributed by atoms with van der Waals surface area (Å²) in [6.07, 6.45) is 0. The van der Waals surface area contributed by atoms with Gasteiger partial charge in [0.25, 0.3) is 0 Å². The van der Waals surface area contributed by atoms with Crippen molar-refractivity contribution in [3.05, 3.63) is 15.3 Å². The van der Waals surface area contributed by atoms with E-state index in [9.17, 15) is 13.2 Å². The van der Waals surface area contributed by atoms with Gasteiger partial charge in [-0.15, -0.1) is 0 Å². The van der Waals surface area contributed by atoms with Crippen LogP contribution >= 0.6 is 0 Å². The van der Waals surface area contributed by atoms with Crippen LogP contribution in [0.15, 0.2) is 0 Å². The molecule has 0 saturated heterocycles. The molecule has 0 aliphatic carbocycles. The van der Waals surface area contributed by atoms with E-state index in [1.807, 2.05) is 0 Å².